The maximum absolute atomic E-state index is 13.0. The van der Waals surface area contributed by atoms with E-state index < -0.39 is 0 Å². The van der Waals surface area contributed by atoms with E-state index in [9.17, 15) is 9.18 Å². The Morgan fingerprint density at radius 1 is 1.22 bits per heavy atom. The van der Waals surface area contributed by atoms with E-state index >= 15 is 0 Å². The van der Waals surface area contributed by atoms with Gasteiger partial charge in [0.05, 0.1) is 0 Å². The molecule has 5 heteroatoms. The van der Waals surface area contributed by atoms with Crippen molar-refractivity contribution < 1.29 is 9.18 Å². The summed E-state index contributed by atoms with van der Waals surface area (Å²) in [4.78, 5) is 16.5. The second-order valence-corrected chi connectivity index (χ2v) is 6.82. The fourth-order valence-electron chi connectivity index (χ4n) is 3.21. The molecule has 2 amide bonds. The highest BCUT2D eigenvalue weighted by atomic mass is 19.1. The lowest BCUT2D eigenvalue weighted by atomic mass is 10.1. The number of halogens is 1. The first kappa shape index (κ1) is 17.7. The Kier molecular flexibility index (Phi) is 5.99. The Hall–Kier alpha value is -1.62. The molecule has 1 fully saturated rings. The maximum atomic E-state index is 13.0. The molecule has 0 radical (unpaired) electrons. The fourth-order valence-corrected chi connectivity index (χ4v) is 3.21. The second-order valence-electron chi connectivity index (χ2n) is 6.82. The first-order valence-electron chi connectivity index (χ1n) is 8.42. The van der Waals surface area contributed by atoms with Crippen molar-refractivity contribution in [3.8, 4) is 0 Å². The van der Waals surface area contributed by atoms with Crippen molar-refractivity contribution in [1.82, 2.24) is 15.1 Å². The van der Waals surface area contributed by atoms with E-state index in [1.54, 1.807) is 0 Å². The van der Waals surface area contributed by atoms with Gasteiger partial charge in [0.2, 0.25) is 0 Å². The summed E-state index contributed by atoms with van der Waals surface area (Å²) in [5.41, 5.74) is 1.14. The molecule has 0 spiro atoms. The molecule has 1 aliphatic heterocycles. The zero-order valence-electron chi connectivity index (χ0n) is 14.6. The monoisotopic (exact) mass is 321 g/mol. The number of urea groups is 1. The molecule has 1 aromatic carbocycles. The summed E-state index contributed by atoms with van der Waals surface area (Å²) in [5, 5.41) is 2.96. The van der Waals surface area contributed by atoms with Gasteiger partial charge in [0.15, 0.2) is 0 Å². The molecule has 0 aliphatic carbocycles. The third-order valence-corrected chi connectivity index (χ3v) is 4.37. The predicted octanol–water partition coefficient (Wildman–Crippen LogP) is 2.88. The molecule has 2 rings (SSSR count). The van der Waals surface area contributed by atoms with Crippen LogP contribution < -0.4 is 5.32 Å². The van der Waals surface area contributed by atoms with Gasteiger partial charge in [-0.05, 0) is 51.8 Å². The summed E-state index contributed by atoms with van der Waals surface area (Å²) in [6.45, 7) is 10.7. The van der Waals surface area contributed by atoms with Crippen LogP contribution in [0.25, 0.3) is 0 Å². The zero-order chi connectivity index (χ0) is 17.0. The fraction of sp³-hybridized carbons (Fsp3) is 0.611. The maximum Gasteiger partial charge on any atom is 0.317 e. The molecular weight excluding hydrogens is 293 g/mol. The lowest BCUT2D eigenvalue weighted by molar-refractivity contribution is 0.0558. The van der Waals surface area contributed by atoms with Crippen molar-refractivity contribution in [3.05, 3.63) is 35.6 Å². The average Bonchev–Trinajstić information content (AvgIpc) is 2.47. The average molecular weight is 321 g/mol. The van der Waals surface area contributed by atoms with E-state index in [4.69, 9.17) is 0 Å². The number of hydrogen-bond donors (Lipinski definition) is 1. The molecule has 0 bridgehead atoms. The molecule has 1 saturated heterocycles. The van der Waals surface area contributed by atoms with E-state index in [-0.39, 0.29) is 17.9 Å². The molecular formula is C18H28FN3O. The van der Waals surface area contributed by atoms with Gasteiger partial charge < -0.3 is 10.2 Å². The number of nitrogens with zero attached hydrogens (tertiary/aromatic N) is 2. The molecule has 1 aromatic rings. The SMILES string of the molecule is CC(C)NC(=O)N1CC(C)N(CCc2ccc(F)cc2)C(C)C1. The van der Waals surface area contributed by atoms with Gasteiger partial charge in [-0.1, -0.05) is 12.1 Å². The van der Waals surface area contributed by atoms with E-state index in [1.807, 2.05) is 30.9 Å². The Balaban J connectivity index is 1.89. The van der Waals surface area contributed by atoms with Crippen molar-refractivity contribution in [2.24, 2.45) is 0 Å². The van der Waals surface area contributed by atoms with Crippen LogP contribution in [0.5, 0.6) is 0 Å². The van der Waals surface area contributed by atoms with Gasteiger partial charge in [-0.3, -0.25) is 4.90 Å². The van der Waals surface area contributed by atoms with Crippen LogP contribution in [-0.2, 0) is 6.42 Å². The van der Waals surface area contributed by atoms with Gasteiger partial charge in [-0.2, -0.15) is 0 Å². The van der Waals surface area contributed by atoms with Crippen LogP contribution in [0.1, 0.15) is 33.3 Å². The van der Waals surface area contributed by atoms with Gasteiger partial charge in [0, 0.05) is 37.8 Å². The summed E-state index contributed by atoms with van der Waals surface area (Å²) >= 11 is 0. The standard InChI is InChI=1S/C18H28FN3O/c1-13(2)20-18(23)21-11-14(3)22(15(4)12-21)10-9-16-5-7-17(19)8-6-16/h5-8,13-15H,9-12H2,1-4H3,(H,20,23). The van der Waals surface area contributed by atoms with Crippen LogP contribution in [0.3, 0.4) is 0 Å². The van der Waals surface area contributed by atoms with Crippen LogP contribution in [-0.4, -0.2) is 53.6 Å². The van der Waals surface area contributed by atoms with E-state index in [0.29, 0.717) is 12.1 Å². The van der Waals surface area contributed by atoms with Crippen molar-refractivity contribution >= 4 is 6.03 Å². The lowest BCUT2D eigenvalue weighted by Gasteiger charge is -2.44. The number of amides is 2. The van der Waals surface area contributed by atoms with Crippen molar-refractivity contribution in [3.63, 3.8) is 0 Å². The van der Waals surface area contributed by atoms with Gasteiger partial charge in [-0.25, -0.2) is 9.18 Å². The summed E-state index contributed by atoms with van der Waals surface area (Å²) in [6, 6.07) is 7.52. The molecule has 4 nitrogen and oxygen atoms in total. The number of nitrogens with one attached hydrogen (secondary N) is 1. The van der Waals surface area contributed by atoms with Crippen molar-refractivity contribution in [1.29, 1.82) is 0 Å². The minimum Gasteiger partial charge on any atom is -0.336 e. The number of piperazine rings is 1. The molecule has 1 heterocycles. The minimum absolute atomic E-state index is 0.0249. The molecule has 1 N–H and O–H groups in total. The molecule has 1 aliphatic rings. The number of carbonyl (C=O) groups excluding carboxylic acids is 1. The first-order chi connectivity index (χ1) is 10.9. The predicted molar refractivity (Wildman–Crippen MR) is 91.0 cm³/mol. The van der Waals surface area contributed by atoms with E-state index in [0.717, 1.165) is 31.6 Å². The molecule has 23 heavy (non-hydrogen) atoms. The highest BCUT2D eigenvalue weighted by molar-refractivity contribution is 5.74. The van der Waals surface area contributed by atoms with Crippen molar-refractivity contribution in [2.45, 2.75) is 52.2 Å². The van der Waals surface area contributed by atoms with Gasteiger partial charge in [0.25, 0.3) is 0 Å². The smallest absolute Gasteiger partial charge is 0.317 e. The van der Waals surface area contributed by atoms with E-state index in [2.05, 4.69) is 24.1 Å². The molecule has 128 valence electrons. The van der Waals surface area contributed by atoms with Crippen LogP contribution in [0.2, 0.25) is 0 Å². The van der Waals surface area contributed by atoms with Gasteiger partial charge >= 0.3 is 6.03 Å². The zero-order valence-corrected chi connectivity index (χ0v) is 14.6. The number of rotatable bonds is 4. The third-order valence-electron chi connectivity index (χ3n) is 4.37. The number of carbonyl (C=O) groups is 1. The van der Waals surface area contributed by atoms with Gasteiger partial charge in [0.1, 0.15) is 5.82 Å². The summed E-state index contributed by atoms with van der Waals surface area (Å²) < 4.78 is 13.0. The Bertz CT molecular complexity index is 506. The van der Waals surface area contributed by atoms with Crippen LogP contribution in [0.4, 0.5) is 9.18 Å². The van der Waals surface area contributed by atoms with E-state index in [1.165, 1.54) is 12.1 Å². The summed E-state index contributed by atoms with van der Waals surface area (Å²) in [5.74, 6) is -0.194. The van der Waals surface area contributed by atoms with Crippen LogP contribution in [0, 0.1) is 5.82 Å². The summed E-state index contributed by atoms with van der Waals surface area (Å²) in [7, 11) is 0. The lowest BCUT2D eigenvalue weighted by Crippen LogP contribution is -2.60. The van der Waals surface area contributed by atoms with Gasteiger partial charge in [-0.15, -0.1) is 0 Å². The van der Waals surface area contributed by atoms with Crippen LogP contribution >= 0.6 is 0 Å². The Labute approximate surface area is 138 Å². The molecule has 2 atom stereocenters. The first-order valence-corrected chi connectivity index (χ1v) is 8.42. The van der Waals surface area contributed by atoms with Crippen molar-refractivity contribution in [2.75, 3.05) is 19.6 Å². The third kappa shape index (κ3) is 4.93. The highest BCUT2D eigenvalue weighted by Crippen LogP contribution is 2.17. The van der Waals surface area contributed by atoms with Crippen LogP contribution in [0.15, 0.2) is 24.3 Å². The largest absolute Gasteiger partial charge is 0.336 e. The Morgan fingerprint density at radius 3 is 2.30 bits per heavy atom. The second kappa shape index (κ2) is 7.77. The molecule has 0 saturated carbocycles. The number of hydrogen-bond acceptors (Lipinski definition) is 2. The quantitative estimate of drug-likeness (QED) is 0.925. The Morgan fingerprint density at radius 2 is 1.78 bits per heavy atom. The minimum atomic E-state index is -0.194. The molecule has 2 unspecified atom stereocenters. The molecule has 0 aromatic heterocycles. The number of benzene rings is 1. The summed E-state index contributed by atoms with van der Waals surface area (Å²) in [6.07, 6.45) is 0.896. The normalized spacial score (nSPS) is 22.4. The topological polar surface area (TPSA) is 35.6 Å². The highest BCUT2D eigenvalue weighted by Gasteiger charge is 2.31.